The van der Waals surface area contributed by atoms with Crippen molar-refractivity contribution in [3.63, 3.8) is 0 Å². The highest BCUT2D eigenvalue weighted by Gasteiger charge is 2.09. The fourth-order valence-electron chi connectivity index (χ4n) is 1.77. The molecule has 0 aromatic heterocycles. The monoisotopic (exact) mass is 368 g/mol. The van der Waals surface area contributed by atoms with Crippen LogP contribution in [0.2, 0.25) is 5.02 Å². The minimum atomic E-state index is -0.0830. The number of rotatable bonds is 6. The van der Waals surface area contributed by atoms with E-state index in [4.69, 9.17) is 21.1 Å². The van der Waals surface area contributed by atoms with Crippen LogP contribution in [0.25, 0.3) is 0 Å². The van der Waals surface area contributed by atoms with Gasteiger partial charge in [-0.25, -0.2) is 0 Å². The summed E-state index contributed by atoms with van der Waals surface area (Å²) in [6, 6.07) is 12.6. The van der Waals surface area contributed by atoms with Gasteiger partial charge in [0.1, 0.15) is 24.7 Å². The lowest BCUT2D eigenvalue weighted by Crippen LogP contribution is -2.10. The van der Waals surface area contributed by atoms with E-state index in [2.05, 4.69) is 15.9 Å². The first-order valence-electron chi connectivity index (χ1n) is 6.38. The molecule has 0 fully saturated rings. The summed E-state index contributed by atoms with van der Waals surface area (Å²) in [5.41, 5.74) is 0.477. The Balaban J connectivity index is 1.90. The van der Waals surface area contributed by atoms with Crippen molar-refractivity contribution in [2.75, 3.05) is 13.2 Å². The number of hydrogen-bond acceptors (Lipinski definition) is 3. The first kappa shape index (κ1) is 15.9. The Kier molecular flexibility index (Phi) is 5.65. The van der Waals surface area contributed by atoms with Crippen molar-refractivity contribution >= 4 is 33.3 Å². The number of ketones is 1. The van der Waals surface area contributed by atoms with Crippen molar-refractivity contribution in [1.82, 2.24) is 0 Å². The predicted octanol–water partition coefficient (Wildman–Crippen LogP) is 4.76. The zero-order valence-electron chi connectivity index (χ0n) is 11.4. The molecular formula is C16H14BrClO3. The Morgan fingerprint density at radius 3 is 2.62 bits per heavy atom. The standard InChI is InChI=1S/C16H14BrClO3/c1-11(19)15-10-13(18)5-6-16(15)21-8-7-20-14-4-2-3-12(17)9-14/h2-6,9-10H,7-8H2,1H3. The molecule has 0 spiro atoms. The summed E-state index contributed by atoms with van der Waals surface area (Å²) in [6.07, 6.45) is 0. The van der Waals surface area contributed by atoms with Gasteiger partial charge < -0.3 is 9.47 Å². The lowest BCUT2D eigenvalue weighted by Gasteiger charge is -2.11. The first-order valence-corrected chi connectivity index (χ1v) is 7.55. The lowest BCUT2D eigenvalue weighted by atomic mass is 10.1. The topological polar surface area (TPSA) is 35.5 Å². The molecule has 0 aliphatic rings. The molecule has 0 radical (unpaired) electrons. The molecule has 2 rings (SSSR count). The summed E-state index contributed by atoms with van der Waals surface area (Å²) in [7, 11) is 0. The highest BCUT2D eigenvalue weighted by Crippen LogP contribution is 2.23. The Morgan fingerprint density at radius 1 is 1.14 bits per heavy atom. The van der Waals surface area contributed by atoms with Crippen LogP contribution in [-0.4, -0.2) is 19.0 Å². The summed E-state index contributed by atoms with van der Waals surface area (Å²) in [5, 5.41) is 0.512. The van der Waals surface area contributed by atoms with Gasteiger partial charge in [-0.15, -0.1) is 0 Å². The average molecular weight is 370 g/mol. The highest BCUT2D eigenvalue weighted by atomic mass is 79.9. The van der Waals surface area contributed by atoms with Crippen LogP contribution in [0.4, 0.5) is 0 Å². The second kappa shape index (κ2) is 7.48. The van der Waals surface area contributed by atoms with Gasteiger partial charge in [0, 0.05) is 9.50 Å². The highest BCUT2D eigenvalue weighted by molar-refractivity contribution is 9.10. The Bertz CT molecular complexity index is 643. The summed E-state index contributed by atoms with van der Waals surface area (Å²) < 4.78 is 12.1. The second-order valence-corrected chi connectivity index (χ2v) is 5.70. The van der Waals surface area contributed by atoms with Crippen LogP contribution in [0.1, 0.15) is 17.3 Å². The maximum absolute atomic E-state index is 11.5. The van der Waals surface area contributed by atoms with Crippen molar-refractivity contribution in [3.8, 4) is 11.5 Å². The van der Waals surface area contributed by atoms with E-state index in [-0.39, 0.29) is 5.78 Å². The Morgan fingerprint density at radius 2 is 1.90 bits per heavy atom. The van der Waals surface area contributed by atoms with Gasteiger partial charge in [0.15, 0.2) is 5.78 Å². The first-order chi connectivity index (χ1) is 10.1. The second-order valence-electron chi connectivity index (χ2n) is 4.35. The van der Waals surface area contributed by atoms with Crippen LogP contribution in [0.5, 0.6) is 11.5 Å². The molecule has 0 amide bonds. The molecule has 5 heteroatoms. The third-order valence-electron chi connectivity index (χ3n) is 2.73. The summed E-state index contributed by atoms with van der Waals surface area (Å²) in [5.74, 6) is 1.20. The van der Waals surface area contributed by atoms with Gasteiger partial charge in [0.2, 0.25) is 0 Å². The van der Waals surface area contributed by atoms with Crippen molar-refractivity contribution < 1.29 is 14.3 Å². The zero-order chi connectivity index (χ0) is 15.2. The molecular weight excluding hydrogens is 356 g/mol. The van der Waals surface area contributed by atoms with Crippen LogP contribution in [0.3, 0.4) is 0 Å². The predicted molar refractivity (Wildman–Crippen MR) is 86.6 cm³/mol. The maximum atomic E-state index is 11.5. The number of hydrogen-bond donors (Lipinski definition) is 0. The average Bonchev–Trinajstić information content (AvgIpc) is 2.44. The third-order valence-corrected chi connectivity index (χ3v) is 3.45. The molecule has 0 aliphatic carbocycles. The molecule has 2 aromatic carbocycles. The smallest absolute Gasteiger partial charge is 0.163 e. The van der Waals surface area contributed by atoms with Gasteiger partial charge >= 0.3 is 0 Å². The number of Topliss-reactive ketones (excluding diaryl/α,β-unsaturated/α-hetero) is 1. The van der Waals surface area contributed by atoms with E-state index in [0.29, 0.717) is 29.5 Å². The molecule has 0 bridgehead atoms. The van der Waals surface area contributed by atoms with Crippen LogP contribution in [-0.2, 0) is 0 Å². The molecule has 3 nitrogen and oxygen atoms in total. The molecule has 0 N–H and O–H groups in total. The molecule has 21 heavy (non-hydrogen) atoms. The molecule has 0 atom stereocenters. The van der Waals surface area contributed by atoms with E-state index in [9.17, 15) is 4.79 Å². The van der Waals surface area contributed by atoms with E-state index < -0.39 is 0 Å². The Labute approximate surface area is 137 Å². The maximum Gasteiger partial charge on any atom is 0.163 e. The van der Waals surface area contributed by atoms with Crippen molar-refractivity contribution in [3.05, 3.63) is 57.5 Å². The molecule has 110 valence electrons. The summed E-state index contributed by atoms with van der Waals surface area (Å²) >= 11 is 9.26. The van der Waals surface area contributed by atoms with Gasteiger partial charge in [0.05, 0.1) is 5.56 Å². The normalized spacial score (nSPS) is 10.2. The Hall–Kier alpha value is -1.52. The molecule has 0 saturated heterocycles. The molecule has 2 aromatic rings. The van der Waals surface area contributed by atoms with Gasteiger partial charge in [-0.1, -0.05) is 33.6 Å². The van der Waals surface area contributed by atoms with Crippen molar-refractivity contribution in [2.45, 2.75) is 6.92 Å². The van der Waals surface area contributed by atoms with Gasteiger partial charge in [0.25, 0.3) is 0 Å². The summed E-state index contributed by atoms with van der Waals surface area (Å²) in [6.45, 7) is 2.21. The van der Waals surface area contributed by atoms with Gasteiger partial charge in [-0.05, 0) is 43.3 Å². The van der Waals surface area contributed by atoms with Crippen LogP contribution in [0, 0.1) is 0 Å². The molecule has 0 unspecified atom stereocenters. The fraction of sp³-hybridized carbons (Fsp3) is 0.188. The number of ether oxygens (including phenoxy) is 2. The van der Waals surface area contributed by atoms with Gasteiger partial charge in [-0.3, -0.25) is 4.79 Å². The van der Waals surface area contributed by atoms with E-state index in [1.165, 1.54) is 6.92 Å². The fourth-order valence-corrected chi connectivity index (χ4v) is 2.32. The van der Waals surface area contributed by atoms with Crippen LogP contribution >= 0.6 is 27.5 Å². The SMILES string of the molecule is CC(=O)c1cc(Cl)ccc1OCCOc1cccc(Br)c1. The van der Waals surface area contributed by atoms with Crippen LogP contribution in [0.15, 0.2) is 46.9 Å². The zero-order valence-corrected chi connectivity index (χ0v) is 13.8. The van der Waals surface area contributed by atoms with Crippen molar-refractivity contribution in [2.24, 2.45) is 0 Å². The molecule has 0 saturated carbocycles. The largest absolute Gasteiger partial charge is 0.490 e. The third kappa shape index (κ3) is 4.76. The molecule has 0 heterocycles. The minimum absolute atomic E-state index is 0.0830. The van der Waals surface area contributed by atoms with E-state index >= 15 is 0 Å². The number of carbonyl (C=O) groups is 1. The summed E-state index contributed by atoms with van der Waals surface area (Å²) in [4.78, 5) is 11.5. The minimum Gasteiger partial charge on any atom is -0.490 e. The van der Waals surface area contributed by atoms with Crippen LogP contribution < -0.4 is 9.47 Å². The lowest BCUT2D eigenvalue weighted by molar-refractivity contribution is 0.101. The number of halogens is 2. The number of carbonyl (C=O) groups excluding carboxylic acids is 1. The quantitative estimate of drug-likeness (QED) is 0.544. The van der Waals surface area contributed by atoms with Crippen molar-refractivity contribution in [1.29, 1.82) is 0 Å². The van der Waals surface area contributed by atoms with Gasteiger partial charge in [-0.2, -0.15) is 0 Å². The van der Waals surface area contributed by atoms with E-state index in [1.54, 1.807) is 18.2 Å². The molecule has 0 aliphatic heterocycles. The van der Waals surface area contributed by atoms with E-state index in [0.717, 1.165) is 10.2 Å². The number of benzene rings is 2. The van der Waals surface area contributed by atoms with E-state index in [1.807, 2.05) is 24.3 Å².